The minimum Gasteiger partial charge on any atom is -0.265 e. The molecule has 10 heteroatoms. The van der Waals surface area contributed by atoms with Gasteiger partial charge in [0.15, 0.2) is 17.8 Å². The highest BCUT2D eigenvalue weighted by molar-refractivity contribution is 6.77. The maximum absolute atomic E-state index is 5.89. The van der Waals surface area contributed by atoms with Gasteiger partial charge in [0.1, 0.15) is 0 Å². The van der Waals surface area contributed by atoms with Crippen LogP contribution in [0.25, 0.3) is 0 Å². The van der Waals surface area contributed by atoms with Crippen molar-refractivity contribution in [1.29, 1.82) is 0 Å². The molecule has 1 atom stereocenters. The Kier molecular flexibility index (Phi) is 5.21. The Hall–Kier alpha value is 0.0600. The molecule has 1 aliphatic heterocycles. The van der Waals surface area contributed by atoms with Gasteiger partial charge in [-0.3, -0.25) is 5.01 Å². The van der Waals surface area contributed by atoms with Gasteiger partial charge in [0.25, 0.3) is 0 Å². The number of amidine groups is 2. The summed E-state index contributed by atoms with van der Waals surface area (Å²) in [6, 6.07) is 9.01. The molecule has 0 radical (unpaired) electrons. The second-order valence-electron chi connectivity index (χ2n) is 4.07. The number of benzene rings is 1. The first-order valence-electron chi connectivity index (χ1n) is 5.50. The summed E-state index contributed by atoms with van der Waals surface area (Å²) in [5.74, 6) is 6.00. The predicted molar refractivity (Wildman–Crippen MR) is 90.8 cm³/mol. The summed E-state index contributed by atoms with van der Waals surface area (Å²) in [6.07, 6.45) is -1.08. The number of rotatable bonds is 1. The van der Waals surface area contributed by atoms with E-state index in [1.54, 1.807) is 12.1 Å². The van der Waals surface area contributed by atoms with Gasteiger partial charge >= 0.3 is 0 Å². The molecule has 0 fully saturated rings. The molecule has 0 bridgehead atoms. The van der Waals surface area contributed by atoms with E-state index in [9.17, 15) is 0 Å². The molecule has 0 aromatic heterocycles. The first-order valence-corrected chi connectivity index (χ1v) is 7.77. The van der Waals surface area contributed by atoms with E-state index in [0.717, 1.165) is 5.01 Å². The molecule has 21 heavy (non-hydrogen) atoms. The van der Waals surface area contributed by atoms with Gasteiger partial charge in [-0.2, -0.15) is 0 Å². The quantitative estimate of drug-likeness (QED) is 0.562. The van der Waals surface area contributed by atoms with Crippen LogP contribution >= 0.6 is 69.6 Å². The van der Waals surface area contributed by atoms with E-state index in [1.165, 1.54) is 0 Å². The lowest BCUT2D eigenvalue weighted by Crippen LogP contribution is -2.56. The molecule has 0 amide bonds. The van der Waals surface area contributed by atoms with Gasteiger partial charge in [-0.05, 0) is 0 Å². The van der Waals surface area contributed by atoms with Crippen molar-refractivity contribution in [1.82, 2.24) is 5.01 Å². The van der Waals surface area contributed by atoms with E-state index in [0.29, 0.717) is 5.56 Å². The summed E-state index contributed by atoms with van der Waals surface area (Å²) < 4.78 is -3.72. The average Bonchev–Trinajstić information content (AvgIpc) is 2.37. The van der Waals surface area contributed by atoms with Gasteiger partial charge in [-0.1, -0.05) is 99.9 Å². The largest absolute Gasteiger partial charge is 0.265 e. The van der Waals surface area contributed by atoms with E-state index in [2.05, 4.69) is 9.98 Å². The van der Waals surface area contributed by atoms with Crippen LogP contribution in [-0.4, -0.2) is 30.4 Å². The molecule has 1 unspecified atom stereocenters. The number of hydrazine groups is 1. The fourth-order valence-electron chi connectivity index (χ4n) is 1.65. The molecule has 2 N–H and O–H groups in total. The minimum absolute atomic E-state index is 0.0855. The molecule has 2 rings (SSSR count). The van der Waals surface area contributed by atoms with E-state index in [-0.39, 0.29) is 11.7 Å². The fourth-order valence-corrected chi connectivity index (χ4v) is 2.53. The smallest absolute Gasteiger partial charge is 0.249 e. The Balaban J connectivity index is 2.54. The Labute approximate surface area is 151 Å². The summed E-state index contributed by atoms with van der Waals surface area (Å²) in [5.41, 5.74) is 0.677. The van der Waals surface area contributed by atoms with Crippen molar-refractivity contribution in [2.75, 3.05) is 0 Å². The molecule has 0 spiro atoms. The molecule has 1 heterocycles. The third-order valence-corrected chi connectivity index (χ3v) is 3.64. The number of nitrogens with zero attached hydrogens (tertiary/aromatic N) is 3. The van der Waals surface area contributed by atoms with E-state index in [1.807, 2.05) is 18.2 Å². The second-order valence-corrected chi connectivity index (χ2v) is 8.72. The molecule has 0 aliphatic carbocycles. The van der Waals surface area contributed by atoms with E-state index in [4.69, 9.17) is 75.4 Å². The first-order chi connectivity index (χ1) is 9.60. The van der Waals surface area contributed by atoms with Crippen LogP contribution in [0.4, 0.5) is 0 Å². The number of alkyl halides is 6. The minimum atomic E-state index is -1.89. The predicted octanol–water partition coefficient (Wildman–Crippen LogP) is 4.09. The average molecular weight is 409 g/mol. The van der Waals surface area contributed by atoms with Gasteiger partial charge in [0.05, 0.1) is 0 Å². The molecule has 1 aromatic carbocycles. The van der Waals surface area contributed by atoms with Gasteiger partial charge in [0, 0.05) is 5.56 Å². The standard InChI is InChI=1S/C11H8Cl6N4/c12-10(13,14)8-19-7(6-4-2-1-3-5-6)20-9(21(8)18)11(15,16)17/h1-5,8H,18H2. The SMILES string of the molecule is NN1C(C(Cl)(Cl)Cl)=NC(c2ccccc2)=NC1C(Cl)(Cl)Cl. The van der Waals surface area contributed by atoms with Crippen molar-refractivity contribution in [3.8, 4) is 0 Å². The van der Waals surface area contributed by atoms with Crippen LogP contribution in [0.5, 0.6) is 0 Å². The van der Waals surface area contributed by atoms with Crippen LogP contribution in [0.2, 0.25) is 0 Å². The van der Waals surface area contributed by atoms with Crippen molar-refractivity contribution in [2.24, 2.45) is 15.8 Å². The normalized spacial score (nSPS) is 20.1. The van der Waals surface area contributed by atoms with Gasteiger partial charge in [0.2, 0.25) is 7.59 Å². The van der Waals surface area contributed by atoms with Gasteiger partial charge in [-0.15, -0.1) is 0 Å². The summed E-state index contributed by atoms with van der Waals surface area (Å²) in [5, 5.41) is 0.937. The number of aliphatic imine (C=N–C) groups is 2. The first kappa shape index (κ1) is 17.4. The molecule has 0 saturated heterocycles. The third-order valence-electron chi connectivity index (χ3n) is 2.54. The van der Waals surface area contributed by atoms with Crippen molar-refractivity contribution in [3.05, 3.63) is 35.9 Å². The maximum atomic E-state index is 5.89. The van der Waals surface area contributed by atoms with Crippen LogP contribution in [0, 0.1) is 0 Å². The Morgan fingerprint density at radius 3 is 2.05 bits per heavy atom. The number of halogens is 6. The zero-order valence-electron chi connectivity index (χ0n) is 10.2. The van der Waals surface area contributed by atoms with Crippen molar-refractivity contribution in [2.45, 2.75) is 13.8 Å². The Morgan fingerprint density at radius 2 is 1.57 bits per heavy atom. The number of hydrogen-bond donors (Lipinski definition) is 1. The highest BCUT2D eigenvalue weighted by atomic mass is 35.6. The molecule has 0 saturated carbocycles. The fraction of sp³-hybridized carbons (Fsp3) is 0.273. The highest BCUT2D eigenvalue weighted by Crippen LogP contribution is 2.39. The van der Waals surface area contributed by atoms with Crippen LogP contribution in [-0.2, 0) is 0 Å². The molecule has 114 valence electrons. The summed E-state index contributed by atoms with van der Waals surface area (Å²) in [4.78, 5) is 8.39. The second kappa shape index (κ2) is 6.28. The topological polar surface area (TPSA) is 54.0 Å². The van der Waals surface area contributed by atoms with Crippen LogP contribution in [0.3, 0.4) is 0 Å². The summed E-state index contributed by atoms with van der Waals surface area (Å²) in [7, 11) is 0. The van der Waals surface area contributed by atoms with Crippen LogP contribution in [0.15, 0.2) is 40.3 Å². The van der Waals surface area contributed by atoms with Crippen LogP contribution in [0.1, 0.15) is 5.56 Å². The van der Waals surface area contributed by atoms with Gasteiger partial charge in [-0.25, -0.2) is 15.8 Å². The Morgan fingerprint density at radius 1 is 1.00 bits per heavy atom. The van der Waals surface area contributed by atoms with E-state index < -0.39 is 13.8 Å². The lowest BCUT2D eigenvalue weighted by molar-refractivity contribution is 0.323. The van der Waals surface area contributed by atoms with Crippen molar-refractivity contribution < 1.29 is 0 Å². The Bertz CT molecular complexity index is 575. The number of nitrogens with two attached hydrogens (primary N) is 1. The monoisotopic (exact) mass is 406 g/mol. The summed E-state index contributed by atoms with van der Waals surface area (Å²) in [6.45, 7) is 0. The zero-order valence-corrected chi connectivity index (χ0v) is 14.7. The van der Waals surface area contributed by atoms with E-state index >= 15 is 0 Å². The zero-order chi connectivity index (χ0) is 15.8. The van der Waals surface area contributed by atoms with Crippen LogP contribution < -0.4 is 5.84 Å². The molecular weight excluding hydrogens is 401 g/mol. The third kappa shape index (κ3) is 4.08. The molecule has 1 aromatic rings. The molecule has 1 aliphatic rings. The lowest BCUT2D eigenvalue weighted by Gasteiger charge is -2.36. The van der Waals surface area contributed by atoms with Crippen molar-refractivity contribution >= 4 is 81.3 Å². The maximum Gasteiger partial charge on any atom is 0.249 e. The van der Waals surface area contributed by atoms with Crippen molar-refractivity contribution in [3.63, 3.8) is 0 Å². The molecule has 4 nitrogen and oxygen atoms in total. The van der Waals surface area contributed by atoms with Gasteiger partial charge < -0.3 is 0 Å². The highest BCUT2D eigenvalue weighted by Gasteiger charge is 2.45. The molecular formula is C11H8Cl6N4. The summed E-state index contributed by atoms with van der Waals surface area (Å²) >= 11 is 35.3. The number of hydrogen-bond acceptors (Lipinski definition) is 4. The lowest BCUT2D eigenvalue weighted by atomic mass is 10.2.